The van der Waals surface area contributed by atoms with E-state index in [1.54, 1.807) is 0 Å². The van der Waals surface area contributed by atoms with Crippen LogP contribution in [-0.2, 0) is 40.2 Å². The molecule has 0 saturated heterocycles. The summed E-state index contributed by atoms with van der Waals surface area (Å²) in [4.78, 5) is 32.1. The molecule has 1 aromatic rings. The van der Waals surface area contributed by atoms with Gasteiger partial charge < -0.3 is 20.6 Å². The quantitative estimate of drug-likeness (QED) is 0.212. The van der Waals surface area contributed by atoms with Gasteiger partial charge in [-0.2, -0.15) is 5.69 Å². The molecule has 2 aliphatic rings. The van der Waals surface area contributed by atoms with E-state index in [4.69, 9.17) is 15.6 Å². The van der Waals surface area contributed by atoms with E-state index in [1.165, 1.54) is 25.5 Å². The van der Waals surface area contributed by atoms with E-state index in [2.05, 4.69) is 44.6 Å². The molecule has 200 valence electrons. The van der Waals surface area contributed by atoms with Crippen molar-refractivity contribution < 1.29 is 38.9 Å². The van der Waals surface area contributed by atoms with Crippen molar-refractivity contribution in [2.75, 3.05) is 0 Å². The maximum atomic E-state index is 13.0. The van der Waals surface area contributed by atoms with Gasteiger partial charge in [0.1, 0.15) is 17.5 Å². The van der Waals surface area contributed by atoms with Crippen LogP contribution >= 0.6 is 0 Å². The van der Waals surface area contributed by atoms with Gasteiger partial charge in [-0.05, 0) is 70.3 Å². The van der Waals surface area contributed by atoms with Gasteiger partial charge in [0.2, 0.25) is 0 Å². The summed E-state index contributed by atoms with van der Waals surface area (Å²) in [6.45, 7) is 17.6. The molecule has 0 bridgehead atoms. The van der Waals surface area contributed by atoms with Crippen molar-refractivity contribution in [2.24, 2.45) is 28.5 Å². The molecular formula is C29H42N3O4Zn-. The molecule has 2 atom stereocenters. The number of hydrogen-bond acceptors (Lipinski definition) is 6. The van der Waals surface area contributed by atoms with E-state index < -0.39 is 0 Å². The van der Waals surface area contributed by atoms with E-state index in [1.807, 2.05) is 19.9 Å². The molecule has 0 radical (unpaired) electrons. The standard InChI is InChI=1S/C24H35N3O2.C5H8O2.Zn/c1-8-18-15(5)19(26-17(18)7)11-20-16(6)21(23(25)27-20)24(28)29-22-13(3)9-12(2)10-14(22)4;1-4(6)3-5(2)7;/h11-14,22H,8-10H2,1-7H3,(H3,25,26,27,28);3,6H,1-2H3;/p-1. The maximum absolute atomic E-state index is 13.0. The van der Waals surface area contributed by atoms with Gasteiger partial charge in [-0.1, -0.05) is 51.8 Å². The van der Waals surface area contributed by atoms with Crippen LogP contribution in [0.4, 0.5) is 0 Å². The fourth-order valence-corrected chi connectivity index (χ4v) is 5.44. The zero-order chi connectivity index (χ0) is 27.3. The van der Waals surface area contributed by atoms with Crippen molar-refractivity contribution in [3.05, 3.63) is 51.2 Å². The number of nitrogens with two attached hydrogens (primary N) is 1. The number of aliphatic hydroxyl groups is 1. The van der Waals surface area contributed by atoms with E-state index in [-0.39, 0.29) is 48.9 Å². The maximum Gasteiger partial charge on any atom is 0.342 e. The second kappa shape index (κ2) is 13.9. The average Bonchev–Trinajstić information content (AvgIpc) is 3.17. The molecule has 0 amide bonds. The smallest absolute Gasteiger partial charge is 0.342 e. The van der Waals surface area contributed by atoms with Crippen LogP contribution < -0.4 is 10.7 Å². The SMILES string of the molecule is CC(=O)C=C(C)O.CCc1c(C)[n-]c(/C=C2\N=C(N)C(C(=O)OC3C(C)CC(C)CC3C)=C2C)c1C.[Zn]. The van der Waals surface area contributed by atoms with Crippen molar-refractivity contribution >= 4 is 23.7 Å². The molecule has 1 saturated carbocycles. The van der Waals surface area contributed by atoms with Gasteiger partial charge in [-0.15, -0.1) is 5.69 Å². The number of allylic oxidation sites excluding steroid dienone is 3. The van der Waals surface area contributed by atoms with E-state index in [0.717, 1.165) is 41.8 Å². The Labute approximate surface area is 234 Å². The Balaban J connectivity index is 0.000000754. The third kappa shape index (κ3) is 8.26. The van der Waals surface area contributed by atoms with Crippen molar-refractivity contribution in [1.82, 2.24) is 4.98 Å². The Bertz CT molecular complexity index is 1110. The molecule has 1 aliphatic carbocycles. The summed E-state index contributed by atoms with van der Waals surface area (Å²) in [5, 5.41) is 8.36. The monoisotopic (exact) mass is 560 g/mol. The first-order valence-corrected chi connectivity index (χ1v) is 12.8. The molecule has 3 N–H and O–H groups in total. The second-order valence-electron chi connectivity index (χ2n) is 10.4. The van der Waals surface area contributed by atoms with Crippen LogP contribution in [0.3, 0.4) is 0 Å². The fraction of sp³-hybridized carbons (Fsp3) is 0.552. The van der Waals surface area contributed by atoms with Gasteiger partial charge >= 0.3 is 5.97 Å². The minimum atomic E-state index is -0.358. The van der Waals surface area contributed by atoms with Gasteiger partial charge in [-0.3, -0.25) is 4.79 Å². The topological polar surface area (TPSA) is 116 Å². The number of nitrogens with zero attached hydrogens (tertiary/aromatic N) is 2. The number of ketones is 1. The second-order valence-corrected chi connectivity index (χ2v) is 10.4. The van der Waals surface area contributed by atoms with Crippen LogP contribution in [0.15, 0.2) is 33.7 Å². The summed E-state index contributed by atoms with van der Waals surface area (Å²) in [5.74, 6) is 1.18. The Morgan fingerprint density at radius 2 is 1.70 bits per heavy atom. The molecule has 0 aromatic carbocycles. The Kier molecular flexibility index (Phi) is 12.2. The number of hydrogen-bond donors (Lipinski definition) is 2. The van der Waals surface area contributed by atoms with Gasteiger partial charge in [0.05, 0.1) is 11.5 Å². The fourth-order valence-electron chi connectivity index (χ4n) is 5.44. The first-order valence-electron chi connectivity index (χ1n) is 12.8. The first-order chi connectivity index (χ1) is 16.8. The molecule has 8 heteroatoms. The third-order valence-corrected chi connectivity index (χ3v) is 6.97. The Morgan fingerprint density at radius 3 is 2.14 bits per heavy atom. The largest absolute Gasteiger partial charge is 0.661 e. The molecule has 3 rings (SSSR count). The number of aryl methyl sites for hydroxylation is 1. The summed E-state index contributed by atoms with van der Waals surface area (Å²) in [6, 6.07) is 0. The van der Waals surface area contributed by atoms with Crippen LogP contribution in [0.25, 0.3) is 6.08 Å². The molecule has 1 aliphatic heterocycles. The number of aromatic nitrogens is 1. The summed E-state index contributed by atoms with van der Waals surface area (Å²) >= 11 is 0. The Morgan fingerprint density at radius 1 is 1.14 bits per heavy atom. The molecule has 37 heavy (non-hydrogen) atoms. The molecule has 7 nitrogen and oxygen atoms in total. The summed E-state index contributed by atoms with van der Waals surface area (Å²) < 4.78 is 5.95. The number of ether oxygens (including phenoxy) is 1. The molecule has 2 unspecified atom stereocenters. The van der Waals surface area contributed by atoms with Gasteiger partial charge in [0.15, 0.2) is 5.78 Å². The Hall–Kier alpha value is -2.47. The minimum absolute atomic E-state index is 0. The van der Waals surface area contributed by atoms with Crippen molar-refractivity contribution in [3.8, 4) is 0 Å². The summed E-state index contributed by atoms with van der Waals surface area (Å²) in [7, 11) is 0. The number of aliphatic imine (C=N–C) groups is 1. The van der Waals surface area contributed by atoms with Crippen LogP contribution in [0.1, 0.15) is 83.8 Å². The van der Waals surface area contributed by atoms with Crippen molar-refractivity contribution in [2.45, 2.75) is 87.7 Å². The first kappa shape index (κ1) is 32.6. The van der Waals surface area contributed by atoms with Gasteiger partial charge in [0, 0.05) is 25.6 Å². The predicted octanol–water partition coefficient (Wildman–Crippen LogP) is 5.50. The number of aliphatic hydroxyl groups excluding tert-OH is 1. The molecular weight excluding hydrogens is 520 g/mol. The zero-order valence-electron chi connectivity index (χ0n) is 23.9. The van der Waals surface area contributed by atoms with Crippen LogP contribution in [0.2, 0.25) is 0 Å². The van der Waals surface area contributed by atoms with Crippen LogP contribution in [-0.4, -0.2) is 28.8 Å². The van der Waals surface area contributed by atoms with E-state index in [0.29, 0.717) is 29.0 Å². The molecule has 2 heterocycles. The van der Waals surface area contributed by atoms with Gasteiger partial charge in [-0.25, -0.2) is 9.79 Å². The molecule has 1 aromatic heterocycles. The number of amidine groups is 1. The summed E-state index contributed by atoms with van der Waals surface area (Å²) in [5.41, 5.74) is 12.3. The van der Waals surface area contributed by atoms with Crippen molar-refractivity contribution in [1.29, 1.82) is 0 Å². The number of carbonyl (C=O) groups excluding carboxylic acids is 2. The van der Waals surface area contributed by atoms with E-state index in [9.17, 15) is 9.59 Å². The van der Waals surface area contributed by atoms with Crippen molar-refractivity contribution in [3.63, 3.8) is 0 Å². The third-order valence-electron chi connectivity index (χ3n) is 6.97. The minimum Gasteiger partial charge on any atom is -0.661 e. The summed E-state index contributed by atoms with van der Waals surface area (Å²) in [6.07, 6.45) is 6.12. The van der Waals surface area contributed by atoms with Gasteiger partial charge in [0.25, 0.3) is 0 Å². The normalized spacial score (nSPS) is 24.7. The predicted molar refractivity (Wildman–Crippen MR) is 145 cm³/mol. The zero-order valence-corrected chi connectivity index (χ0v) is 26.9. The van der Waals surface area contributed by atoms with Crippen LogP contribution in [0.5, 0.6) is 0 Å². The number of rotatable bonds is 5. The average molecular weight is 562 g/mol. The number of carbonyl (C=O) groups is 2. The van der Waals surface area contributed by atoms with E-state index >= 15 is 0 Å². The van der Waals surface area contributed by atoms with Crippen LogP contribution in [0, 0.1) is 31.6 Å². The number of esters is 1. The molecule has 1 fully saturated rings. The molecule has 0 spiro atoms.